The van der Waals surface area contributed by atoms with Gasteiger partial charge in [-0.15, -0.1) is 0 Å². The minimum Gasteiger partial charge on any atom is -0.478 e. The number of benzene rings is 2. The minimum absolute atomic E-state index is 0.129. The van der Waals surface area contributed by atoms with Gasteiger partial charge in [0.25, 0.3) is 0 Å². The second-order valence-corrected chi connectivity index (χ2v) is 9.13. The minimum atomic E-state index is -3.39. The Morgan fingerprint density at radius 2 is 1.92 bits per heavy atom. The number of fused-ring (bicyclic) bond motifs is 1. The van der Waals surface area contributed by atoms with E-state index in [-0.39, 0.29) is 17.0 Å². The quantitative estimate of drug-likeness (QED) is 0.761. The highest BCUT2D eigenvalue weighted by Gasteiger charge is 2.37. The number of hydrogen-bond donors (Lipinski definition) is 3. The van der Waals surface area contributed by atoms with Gasteiger partial charge in [0.1, 0.15) is 0 Å². The molecule has 2 aromatic carbocycles. The van der Waals surface area contributed by atoms with Crippen LogP contribution in [-0.4, -0.2) is 25.7 Å². The number of carbonyl (C=O) groups is 1. The molecule has 7 heteroatoms. The molecule has 6 nitrogen and oxygen atoms in total. The molecule has 138 valence electrons. The molecule has 0 saturated heterocycles. The van der Waals surface area contributed by atoms with Crippen molar-refractivity contribution < 1.29 is 18.3 Å². The number of anilines is 2. The van der Waals surface area contributed by atoms with E-state index in [0.29, 0.717) is 12.1 Å². The van der Waals surface area contributed by atoms with Crippen molar-refractivity contribution in [1.29, 1.82) is 0 Å². The van der Waals surface area contributed by atoms with Gasteiger partial charge in [-0.25, -0.2) is 13.2 Å². The number of hydrogen-bond acceptors (Lipinski definition) is 4. The molecule has 1 aliphatic heterocycles. The van der Waals surface area contributed by atoms with Crippen molar-refractivity contribution in [1.82, 2.24) is 0 Å². The normalized spacial score (nSPS) is 18.5. The molecule has 3 rings (SSSR count). The first-order chi connectivity index (χ1) is 12.1. The largest absolute Gasteiger partial charge is 0.478 e. The molecule has 1 aliphatic rings. The zero-order chi connectivity index (χ0) is 19.1. The topological polar surface area (TPSA) is 95.5 Å². The van der Waals surface area contributed by atoms with Crippen LogP contribution in [0.15, 0.2) is 42.5 Å². The highest BCUT2D eigenvalue weighted by Crippen LogP contribution is 2.46. The molecule has 0 aromatic heterocycles. The summed E-state index contributed by atoms with van der Waals surface area (Å²) in [5.41, 5.74) is 3.23. The first kappa shape index (κ1) is 18.3. The Morgan fingerprint density at radius 3 is 2.58 bits per heavy atom. The van der Waals surface area contributed by atoms with Gasteiger partial charge >= 0.3 is 5.97 Å². The Labute approximate surface area is 153 Å². The van der Waals surface area contributed by atoms with Crippen LogP contribution in [0, 0.1) is 5.41 Å². The molecule has 0 bridgehead atoms. The Bertz CT molecular complexity index is 967. The predicted molar refractivity (Wildman–Crippen MR) is 102 cm³/mol. The third-order valence-corrected chi connectivity index (χ3v) is 5.24. The van der Waals surface area contributed by atoms with Crippen molar-refractivity contribution >= 4 is 27.4 Å². The van der Waals surface area contributed by atoms with Gasteiger partial charge in [-0.1, -0.05) is 32.0 Å². The van der Waals surface area contributed by atoms with Crippen LogP contribution in [0.1, 0.15) is 41.4 Å². The van der Waals surface area contributed by atoms with Crippen molar-refractivity contribution in [3.63, 3.8) is 0 Å². The van der Waals surface area contributed by atoms with Crippen molar-refractivity contribution in [2.24, 2.45) is 5.41 Å². The number of aromatic carboxylic acids is 1. The van der Waals surface area contributed by atoms with Crippen molar-refractivity contribution in [3.8, 4) is 0 Å². The molecular weight excluding hydrogens is 352 g/mol. The van der Waals surface area contributed by atoms with Crippen LogP contribution in [0.4, 0.5) is 11.4 Å². The van der Waals surface area contributed by atoms with Crippen LogP contribution >= 0.6 is 0 Å². The summed E-state index contributed by atoms with van der Waals surface area (Å²) in [6, 6.07) is 12.2. The average molecular weight is 374 g/mol. The van der Waals surface area contributed by atoms with Gasteiger partial charge in [0.15, 0.2) is 0 Å². The lowest BCUT2D eigenvalue weighted by Gasteiger charge is -2.42. The molecule has 3 N–H and O–H groups in total. The Kier molecular flexibility index (Phi) is 4.44. The fraction of sp³-hybridized carbons (Fsp3) is 0.316. The number of sulfonamides is 1. The molecule has 26 heavy (non-hydrogen) atoms. The van der Waals surface area contributed by atoms with Crippen LogP contribution in [0.2, 0.25) is 0 Å². The van der Waals surface area contributed by atoms with E-state index < -0.39 is 16.0 Å². The Hall–Kier alpha value is -2.54. The number of rotatable bonds is 4. The molecular formula is C19H22N2O4S. The van der Waals surface area contributed by atoms with Crippen LogP contribution in [0.25, 0.3) is 0 Å². The number of carboxylic acids is 1. The summed E-state index contributed by atoms with van der Waals surface area (Å²) in [6.07, 6.45) is 1.81. The highest BCUT2D eigenvalue weighted by molar-refractivity contribution is 7.92. The summed E-state index contributed by atoms with van der Waals surface area (Å²) >= 11 is 0. The highest BCUT2D eigenvalue weighted by atomic mass is 32.2. The maximum atomic E-state index is 11.7. The van der Waals surface area contributed by atoms with Gasteiger partial charge in [0.2, 0.25) is 10.0 Å². The zero-order valence-corrected chi connectivity index (χ0v) is 15.7. The van der Waals surface area contributed by atoms with Crippen molar-refractivity contribution in [2.75, 3.05) is 16.3 Å². The maximum Gasteiger partial charge on any atom is 0.335 e. The van der Waals surface area contributed by atoms with Crippen molar-refractivity contribution in [3.05, 3.63) is 59.2 Å². The van der Waals surface area contributed by atoms with E-state index in [1.165, 1.54) is 0 Å². The summed E-state index contributed by atoms with van der Waals surface area (Å²) < 4.78 is 26.0. The molecule has 1 atom stereocenters. The van der Waals surface area contributed by atoms with Crippen molar-refractivity contribution in [2.45, 2.75) is 26.3 Å². The Morgan fingerprint density at radius 1 is 1.23 bits per heavy atom. The fourth-order valence-corrected chi connectivity index (χ4v) is 4.08. The first-order valence-corrected chi connectivity index (χ1v) is 10.2. The summed E-state index contributed by atoms with van der Waals surface area (Å²) in [5.74, 6) is -0.949. The SMILES string of the molecule is CC1(C)Cc2cc(C(=O)O)ccc2NC1c1ccccc1NS(C)(=O)=O. The smallest absolute Gasteiger partial charge is 0.335 e. The zero-order valence-electron chi connectivity index (χ0n) is 14.9. The number of nitrogens with one attached hydrogen (secondary N) is 2. The van der Waals surface area contributed by atoms with E-state index in [0.717, 1.165) is 23.1 Å². The third-order valence-electron chi connectivity index (χ3n) is 4.65. The molecule has 0 spiro atoms. The molecule has 1 unspecified atom stereocenters. The third kappa shape index (κ3) is 3.67. The summed E-state index contributed by atoms with van der Waals surface area (Å²) in [4.78, 5) is 11.2. The number of para-hydroxylation sites is 1. The maximum absolute atomic E-state index is 11.7. The van der Waals surface area contributed by atoms with Gasteiger partial charge < -0.3 is 10.4 Å². The molecule has 1 heterocycles. The van der Waals surface area contributed by atoms with Gasteiger partial charge in [-0.3, -0.25) is 4.72 Å². The predicted octanol–water partition coefficient (Wildman–Crippen LogP) is 3.49. The summed E-state index contributed by atoms with van der Waals surface area (Å²) in [7, 11) is -3.39. The molecule has 0 amide bonds. The molecule has 0 radical (unpaired) electrons. The molecule has 2 aromatic rings. The monoisotopic (exact) mass is 374 g/mol. The van der Waals surface area contributed by atoms with Crippen LogP contribution < -0.4 is 10.0 Å². The standard InChI is InChI=1S/C19H22N2O4S/c1-19(2)11-13-10-12(18(22)23)8-9-15(13)20-17(19)14-6-4-5-7-16(14)21-26(3,24)25/h4-10,17,20-21H,11H2,1-3H3,(H,22,23). The second kappa shape index (κ2) is 6.32. The Balaban J connectivity index is 2.04. The van der Waals surface area contributed by atoms with Gasteiger partial charge in [0, 0.05) is 5.69 Å². The first-order valence-electron chi connectivity index (χ1n) is 8.26. The van der Waals surface area contributed by atoms with Crippen LogP contribution in [0.3, 0.4) is 0 Å². The molecule has 0 aliphatic carbocycles. The lowest BCUT2D eigenvalue weighted by atomic mass is 9.72. The van der Waals surface area contributed by atoms with Crippen LogP contribution in [-0.2, 0) is 16.4 Å². The fourth-order valence-electron chi connectivity index (χ4n) is 3.50. The van der Waals surface area contributed by atoms with E-state index >= 15 is 0 Å². The van der Waals surface area contributed by atoms with Gasteiger partial charge in [-0.2, -0.15) is 0 Å². The second-order valence-electron chi connectivity index (χ2n) is 7.38. The lowest BCUT2D eigenvalue weighted by molar-refractivity contribution is 0.0696. The van der Waals surface area contributed by atoms with E-state index in [4.69, 9.17) is 0 Å². The summed E-state index contributed by atoms with van der Waals surface area (Å²) in [5, 5.41) is 12.7. The average Bonchev–Trinajstić information content (AvgIpc) is 2.52. The van der Waals surface area contributed by atoms with E-state index in [9.17, 15) is 18.3 Å². The molecule has 0 fully saturated rings. The van der Waals surface area contributed by atoms with Crippen LogP contribution in [0.5, 0.6) is 0 Å². The van der Waals surface area contributed by atoms with Gasteiger partial charge in [0.05, 0.1) is 23.5 Å². The van der Waals surface area contributed by atoms with E-state index in [1.807, 2.05) is 12.1 Å². The summed E-state index contributed by atoms with van der Waals surface area (Å²) in [6.45, 7) is 4.16. The lowest BCUT2D eigenvalue weighted by Crippen LogP contribution is -2.35. The van der Waals surface area contributed by atoms with Gasteiger partial charge in [-0.05, 0) is 47.2 Å². The molecule has 0 saturated carbocycles. The number of carboxylic acid groups (broad SMARTS) is 1. The van der Waals surface area contributed by atoms with E-state index in [2.05, 4.69) is 23.9 Å². The van der Waals surface area contributed by atoms with E-state index in [1.54, 1.807) is 30.3 Å².